The van der Waals surface area contributed by atoms with E-state index in [1.807, 2.05) is 0 Å². The number of nitrogens with zero attached hydrogens (tertiary/aromatic N) is 4. The first-order valence-corrected chi connectivity index (χ1v) is 8.86. The third-order valence-electron chi connectivity index (χ3n) is 3.22. The Morgan fingerprint density at radius 3 is 2.27 bits per heavy atom. The fraction of sp³-hybridized carbons (Fsp3) is 0.500. The number of ether oxygens (including phenoxy) is 1. The highest BCUT2D eigenvalue weighted by atomic mass is 35.5. The van der Waals surface area contributed by atoms with Gasteiger partial charge < -0.3 is 9.64 Å². The zero-order valence-corrected chi connectivity index (χ0v) is 17.4. The third kappa shape index (κ3) is 4.95. The molecule has 0 aliphatic heterocycles. The fourth-order valence-electron chi connectivity index (χ4n) is 2.03. The summed E-state index contributed by atoms with van der Waals surface area (Å²) in [5.41, 5.74) is -1.43. The molecule has 8 nitrogen and oxygen atoms in total. The number of hydrogen-bond acceptors (Lipinski definition) is 7. The number of hydrogen-bond donors (Lipinski definition) is 0. The monoisotopic (exact) mass is 402 g/mol. The summed E-state index contributed by atoms with van der Waals surface area (Å²) >= 11 is 6.90. The molecular weight excluding hydrogens is 380 g/mol. The van der Waals surface area contributed by atoms with Crippen molar-refractivity contribution in [1.29, 1.82) is 0 Å². The van der Waals surface area contributed by atoms with E-state index in [1.165, 1.54) is 23.0 Å². The van der Waals surface area contributed by atoms with E-state index in [2.05, 4.69) is 9.72 Å². The van der Waals surface area contributed by atoms with Crippen LogP contribution in [0.25, 0.3) is 0 Å². The molecular formula is C16H23ClN4O4S. The van der Waals surface area contributed by atoms with Crippen molar-refractivity contribution in [3.8, 4) is 0 Å². The van der Waals surface area contributed by atoms with Gasteiger partial charge in [-0.3, -0.25) is 4.57 Å². The van der Waals surface area contributed by atoms with E-state index in [9.17, 15) is 14.4 Å². The molecule has 0 fully saturated rings. The maximum absolute atomic E-state index is 12.0. The largest absolute Gasteiger partial charge is 0.465 e. The summed E-state index contributed by atoms with van der Waals surface area (Å²) in [6.45, 7) is 5.40. The minimum absolute atomic E-state index is 0.351. The standard InChI is InChI=1S/C10H18N4O2.C6H5ClO2S/c1-10(2,3)14-8(15)11-7(12(4)5)13(6)9(14)16;1-9-6(8)5-4(7)2-3-10-5/h1-6H3;2-3H,1H3. The molecule has 0 radical (unpaired) electrons. The molecule has 26 heavy (non-hydrogen) atoms. The van der Waals surface area contributed by atoms with Crippen LogP contribution in [0.5, 0.6) is 0 Å². The number of aromatic nitrogens is 3. The lowest BCUT2D eigenvalue weighted by molar-refractivity contribution is 0.0606. The van der Waals surface area contributed by atoms with Crippen LogP contribution in [-0.2, 0) is 17.3 Å². The normalized spacial score (nSPS) is 10.8. The van der Waals surface area contributed by atoms with Crippen LogP contribution in [0.15, 0.2) is 21.0 Å². The summed E-state index contributed by atoms with van der Waals surface area (Å²) < 4.78 is 6.98. The molecule has 0 bridgehead atoms. The second-order valence-corrected chi connectivity index (χ2v) is 7.85. The number of rotatable bonds is 2. The van der Waals surface area contributed by atoms with Crippen molar-refractivity contribution in [2.24, 2.45) is 7.05 Å². The summed E-state index contributed by atoms with van der Waals surface area (Å²) in [4.78, 5) is 40.6. The van der Waals surface area contributed by atoms with Gasteiger partial charge in [-0.1, -0.05) is 11.6 Å². The van der Waals surface area contributed by atoms with E-state index in [4.69, 9.17) is 11.6 Å². The summed E-state index contributed by atoms with van der Waals surface area (Å²) in [7, 11) is 6.41. The van der Waals surface area contributed by atoms with Crippen molar-refractivity contribution in [1.82, 2.24) is 14.1 Å². The van der Waals surface area contributed by atoms with Gasteiger partial charge >= 0.3 is 17.3 Å². The summed E-state index contributed by atoms with van der Waals surface area (Å²) in [6.07, 6.45) is 0. The van der Waals surface area contributed by atoms with E-state index in [-0.39, 0.29) is 11.7 Å². The van der Waals surface area contributed by atoms with E-state index in [1.54, 1.807) is 58.3 Å². The van der Waals surface area contributed by atoms with Crippen LogP contribution in [0.3, 0.4) is 0 Å². The highest BCUT2D eigenvalue weighted by Gasteiger charge is 2.21. The van der Waals surface area contributed by atoms with Crippen LogP contribution < -0.4 is 16.3 Å². The maximum atomic E-state index is 12.0. The van der Waals surface area contributed by atoms with Gasteiger partial charge in [0, 0.05) is 26.7 Å². The molecule has 0 spiro atoms. The summed E-state index contributed by atoms with van der Waals surface area (Å²) in [5.74, 6) is -0.0181. The average Bonchev–Trinajstić information content (AvgIpc) is 2.95. The highest BCUT2D eigenvalue weighted by Crippen LogP contribution is 2.22. The molecule has 2 aromatic rings. The first-order chi connectivity index (χ1) is 11.9. The SMILES string of the molecule is CN(C)c1nc(=O)n(C(C)(C)C)c(=O)n1C.COC(=O)c1sccc1Cl. The Kier molecular flexibility index (Phi) is 7.16. The topological polar surface area (TPSA) is 86.4 Å². The number of thiophene rings is 1. The van der Waals surface area contributed by atoms with Crippen molar-refractivity contribution >= 4 is 34.9 Å². The van der Waals surface area contributed by atoms with Gasteiger partial charge in [0.15, 0.2) is 0 Å². The van der Waals surface area contributed by atoms with Crippen LogP contribution in [0.4, 0.5) is 5.95 Å². The van der Waals surface area contributed by atoms with Crippen LogP contribution in [-0.4, -0.2) is 41.3 Å². The molecule has 0 aliphatic rings. The van der Waals surface area contributed by atoms with Crippen molar-refractivity contribution in [2.45, 2.75) is 26.3 Å². The Labute approximate surface area is 160 Å². The fourth-order valence-corrected chi connectivity index (χ4v) is 3.08. The molecule has 0 N–H and O–H groups in total. The Hall–Kier alpha value is -2.13. The number of methoxy groups -OCH3 is 1. The second-order valence-electron chi connectivity index (χ2n) is 6.53. The lowest BCUT2D eigenvalue weighted by Gasteiger charge is -2.23. The first-order valence-electron chi connectivity index (χ1n) is 7.61. The minimum Gasteiger partial charge on any atom is -0.465 e. The molecule has 144 valence electrons. The molecule has 0 aromatic carbocycles. The van der Waals surface area contributed by atoms with Gasteiger partial charge in [0.2, 0.25) is 5.95 Å². The Morgan fingerprint density at radius 1 is 1.31 bits per heavy atom. The Balaban J connectivity index is 0.000000289. The van der Waals surface area contributed by atoms with Gasteiger partial charge in [-0.25, -0.2) is 19.0 Å². The van der Waals surface area contributed by atoms with Crippen LogP contribution in [0, 0.1) is 0 Å². The lowest BCUT2D eigenvalue weighted by Crippen LogP contribution is -2.49. The zero-order chi connectivity index (χ0) is 20.2. The predicted octanol–water partition coefficient (Wildman–Crippen LogP) is 1.95. The summed E-state index contributed by atoms with van der Waals surface area (Å²) in [6, 6.07) is 1.67. The Morgan fingerprint density at radius 2 is 1.88 bits per heavy atom. The van der Waals surface area contributed by atoms with Gasteiger partial charge in [0.1, 0.15) is 4.88 Å². The number of halogens is 1. The Bertz CT molecular complexity index is 893. The number of carbonyl (C=O) groups excluding carboxylic acids is 1. The molecule has 2 rings (SSSR count). The number of esters is 1. The van der Waals surface area contributed by atoms with Gasteiger partial charge in [-0.2, -0.15) is 4.98 Å². The molecule has 10 heteroatoms. The predicted molar refractivity (Wildman–Crippen MR) is 104 cm³/mol. The van der Waals surface area contributed by atoms with Crippen LogP contribution in [0.1, 0.15) is 30.4 Å². The molecule has 2 aromatic heterocycles. The molecule has 2 heterocycles. The first kappa shape index (κ1) is 21.9. The molecule has 0 saturated carbocycles. The molecule has 0 atom stereocenters. The lowest BCUT2D eigenvalue weighted by atomic mass is 10.1. The molecule has 0 unspecified atom stereocenters. The zero-order valence-electron chi connectivity index (χ0n) is 15.9. The smallest absolute Gasteiger partial charge is 0.355 e. The molecule has 0 saturated heterocycles. The third-order valence-corrected chi connectivity index (χ3v) is 4.55. The van der Waals surface area contributed by atoms with E-state index in [0.717, 1.165) is 4.57 Å². The van der Waals surface area contributed by atoms with Crippen molar-refractivity contribution in [3.63, 3.8) is 0 Å². The molecule has 0 aliphatic carbocycles. The van der Waals surface area contributed by atoms with Gasteiger partial charge in [-0.05, 0) is 32.2 Å². The van der Waals surface area contributed by atoms with Gasteiger partial charge in [-0.15, -0.1) is 11.3 Å². The highest BCUT2D eigenvalue weighted by molar-refractivity contribution is 7.12. The van der Waals surface area contributed by atoms with E-state index in [0.29, 0.717) is 15.8 Å². The summed E-state index contributed by atoms with van der Waals surface area (Å²) in [5, 5.41) is 2.20. The van der Waals surface area contributed by atoms with Gasteiger partial charge in [0.05, 0.1) is 12.1 Å². The number of anilines is 1. The van der Waals surface area contributed by atoms with E-state index >= 15 is 0 Å². The second kappa shape index (κ2) is 8.50. The van der Waals surface area contributed by atoms with Crippen molar-refractivity contribution in [2.75, 3.05) is 26.1 Å². The number of carbonyl (C=O) groups is 1. The van der Waals surface area contributed by atoms with E-state index < -0.39 is 11.2 Å². The van der Waals surface area contributed by atoms with Crippen LogP contribution in [0.2, 0.25) is 5.02 Å². The molecule has 0 amide bonds. The van der Waals surface area contributed by atoms with Crippen molar-refractivity contribution < 1.29 is 9.53 Å². The minimum atomic E-state index is -0.566. The quantitative estimate of drug-likeness (QED) is 0.713. The van der Waals surface area contributed by atoms with Crippen LogP contribution >= 0.6 is 22.9 Å². The maximum Gasteiger partial charge on any atom is 0.355 e. The van der Waals surface area contributed by atoms with Crippen molar-refractivity contribution in [3.05, 3.63) is 42.3 Å². The van der Waals surface area contributed by atoms with Gasteiger partial charge in [0.25, 0.3) is 0 Å². The average molecular weight is 403 g/mol.